The van der Waals surface area contributed by atoms with Gasteiger partial charge in [0.25, 0.3) is 0 Å². The van der Waals surface area contributed by atoms with E-state index in [1.165, 1.54) is 25.5 Å². The third-order valence-corrected chi connectivity index (χ3v) is 4.78. The van der Waals surface area contributed by atoms with Crippen LogP contribution in [0.2, 0.25) is 0 Å². The average Bonchev–Trinajstić information content (AvgIpc) is 2.63. The third-order valence-electron chi connectivity index (χ3n) is 4.78. The number of hydrogen-bond acceptors (Lipinski definition) is 6. The number of anilines is 1. The summed E-state index contributed by atoms with van der Waals surface area (Å²) in [7, 11) is 0. The summed E-state index contributed by atoms with van der Waals surface area (Å²) in [6.45, 7) is 3.06. The van der Waals surface area contributed by atoms with Crippen molar-refractivity contribution in [2.75, 3.05) is 31.2 Å². The number of ether oxygens (including phenoxy) is 2. The first kappa shape index (κ1) is 15.4. The Morgan fingerprint density at radius 3 is 2.71 bits per heavy atom. The van der Waals surface area contributed by atoms with Crippen LogP contribution < -0.4 is 9.64 Å². The maximum absolute atomic E-state index is 9.81. The van der Waals surface area contributed by atoms with Gasteiger partial charge in [-0.3, -0.25) is 4.98 Å². The van der Waals surface area contributed by atoms with Crippen molar-refractivity contribution < 1.29 is 14.6 Å². The summed E-state index contributed by atoms with van der Waals surface area (Å²) in [5, 5.41) is 10.6. The van der Waals surface area contributed by atoms with Crippen LogP contribution >= 0.6 is 0 Å². The highest BCUT2D eigenvalue weighted by molar-refractivity contribution is 5.86. The van der Waals surface area contributed by atoms with Crippen LogP contribution in [-0.4, -0.2) is 47.5 Å². The molecule has 2 aliphatic rings. The van der Waals surface area contributed by atoms with Crippen molar-refractivity contribution in [3.05, 3.63) is 18.3 Å². The van der Waals surface area contributed by atoms with Crippen molar-refractivity contribution in [3.63, 3.8) is 0 Å². The third kappa shape index (κ3) is 3.24. The van der Waals surface area contributed by atoms with Crippen LogP contribution in [0.3, 0.4) is 0 Å². The summed E-state index contributed by atoms with van der Waals surface area (Å²) in [6, 6.07) is 3.66. The zero-order chi connectivity index (χ0) is 16.4. The lowest BCUT2D eigenvalue weighted by Crippen LogP contribution is -2.36. The number of hydrogen-bond donors (Lipinski definition) is 1. The van der Waals surface area contributed by atoms with Crippen LogP contribution in [0.4, 0.5) is 5.82 Å². The minimum atomic E-state index is 0.136. The van der Waals surface area contributed by atoms with Gasteiger partial charge >= 0.3 is 0 Å². The second-order valence-electron chi connectivity index (χ2n) is 6.52. The number of fused-ring (bicyclic) bond motifs is 1. The van der Waals surface area contributed by atoms with E-state index in [4.69, 9.17) is 14.5 Å². The Hall–Kier alpha value is -2.08. The molecule has 6 heteroatoms. The van der Waals surface area contributed by atoms with Crippen LogP contribution in [0.1, 0.15) is 32.1 Å². The predicted molar refractivity (Wildman–Crippen MR) is 91.7 cm³/mol. The van der Waals surface area contributed by atoms with Gasteiger partial charge in [-0.15, -0.1) is 0 Å². The van der Waals surface area contributed by atoms with E-state index in [0.29, 0.717) is 19.1 Å². The van der Waals surface area contributed by atoms with E-state index < -0.39 is 0 Å². The summed E-state index contributed by atoms with van der Waals surface area (Å²) in [4.78, 5) is 11.3. The van der Waals surface area contributed by atoms with E-state index in [1.54, 1.807) is 6.07 Å². The quantitative estimate of drug-likeness (QED) is 0.934. The lowest BCUT2D eigenvalue weighted by atomic mass is 9.98. The Balaban J connectivity index is 1.71. The number of rotatable bonds is 3. The number of pyridine rings is 2. The van der Waals surface area contributed by atoms with Gasteiger partial charge in [-0.1, -0.05) is 6.42 Å². The molecule has 0 aromatic carbocycles. The summed E-state index contributed by atoms with van der Waals surface area (Å²) in [5.74, 6) is 1.59. The fraction of sp³-hybridized carbons (Fsp3) is 0.556. The summed E-state index contributed by atoms with van der Waals surface area (Å²) in [6.07, 6.45) is 7.50. The molecule has 0 amide bonds. The van der Waals surface area contributed by atoms with E-state index in [0.717, 1.165) is 42.7 Å². The summed E-state index contributed by atoms with van der Waals surface area (Å²) < 4.78 is 11.7. The van der Waals surface area contributed by atoms with Gasteiger partial charge in [0.2, 0.25) is 5.88 Å². The van der Waals surface area contributed by atoms with Crippen LogP contribution in [0.15, 0.2) is 18.3 Å². The van der Waals surface area contributed by atoms with Crippen molar-refractivity contribution in [1.82, 2.24) is 9.97 Å². The zero-order valence-electron chi connectivity index (χ0n) is 13.8. The Labute approximate surface area is 141 Å². The normalized spacial score (nSPS) is 19.6. The molecule has 0 radical (unpaired) electrons. The van der Waals surface area contributed by atoms with Crippen molar-refractivity contribution in [3.8, 4) is 11.6 Å². The second-order valence-corrected chi connectivity index (χ2v) is 6.52. The maximum atomic E-state index is 9.81. The van der Waals surface area contributed by atoms with Crippen molar-refractivity contribution in [2.24, 2.45) is 0 Å². The highest BCUT2D eigenvalue weighted by Gasteiger charge is 2.20. The molecule has 0 unspecified atom stereocenters. The van der Waals surface area contributed by atoms with Gasteiger partial charge in [0.05, 0.1) is 30.3 Å². The van der Waals surface area contributed by atoms with Gasteiger partial charge in [0.1, 0.15) is 17.7 Å². The molecule has 1 N–H and O–H groups in total. The molecule has 1 saturated heterocycles. The number of morpholine rings is 1. The lowest BCUT2D eigenvalue weighted by Gasteiger charge is -2.29. The van der Waals surface area contributed by atoms with Crippen molar-refractivity contribution in [1.29, 1.82) is 0 Å². The molecule has 2 aromatic heterocycles. The lowest BCUT2D eigenvalue weighted by molar-refractivity contribution is 0.122. The fourth-order valence-electron chi connectivity index (χ4n) is 3.45. The highest BCUT2D eigenvalue weighted by Crippen LogP contribution is 2.32. The molecule has 0 spiro atoms. The zero-order valence-corrected chi connectivity index (χ0v) is 13.8. The SMILES string of the molecule is Oc1cnc2cc(N3CCOCC3)nc(OC3CCCCC3)c2c1. The number of nitrogens with zero attached hydrogens (tertiary/aromatic N) is 3. The fourth-order valence-corrected chi connectivity index (χ4v) is 3.45. The minimum Gasteiger partial charge on any atom is -0.506 e. The van der Waals surface area contributed by atoms with Gasteiger partial charge in [-0.2, -0.15) is 4.98 Å². The predicted octanol–water partition coefficient (Wildman–Crippen LogP) is 2.88. The van der Waals surface area contributed by atoms with Crippen LogP contribution in [0, 0.1) is 0 Å². The molecule has 4 rings (SSSR count). The Kier molecular flexibility index (Phi) is 4.38. The van der Waals surface area contributed by atoms with E-state index in [-0.39, 0.29) is 11.9 Å². The smallest absolute Gasteiger partial charge is 0.225 e. The second kappa shape index (κ2) is 6.81. The van der Waals surface area contributed by atoms with Crippen LogP contribution in [-0.2, 0) is 4.74 Å². The first-order chi connectivity index (χ1) is 11.8. The molecule has 2 aromatic rings. The van der Waals surface area contributed by atoms with E-state index in [2.05, 4.69) is 9.88 Å². The van der Waals surface area contributed by atoms with E-state index in [9.17, 15) is 5.11 Å². The largest absolute Gasteiger partial charge is 0.506 e. The standard InChI is InChI=1S/C18H23N3O3/c22-13-10-15-16(19-12-13)11-17(21-6-8-23-9-7-21)20-18(15)24-14-4-2-1-3-5-14/h10-12,14,22H,1-9H2. The summed E-state index contributed by atoms with van der Waals surface area (Å²) >= 11 is 0. The number of aromatic nitrogens is 2. The Morgan fingerprint density at radius 1 is 1.12 bits per heavy atom. The van der Waals surface area contributed by atoms with Crippen LogP contribution in [0.5, 0.6) is 11.6 Å². The van der Waals surface area contributed by atoms with Gasteiger partial charge in [-0.25, -0.2) is 0 Å². The maximum Gasteiger partial charge on any atom is 0.225 e. The van der Waals surface area contributed by atoms with Crippen molar-refractivity contribution >= 4 is 16.7 Å². The Morgan fingerprint density at radius 2 is 1.92 bits per heavy atom. The molecule has 6 nitrogen and oxygen atoms in total. The van der Waals surface area contributed by atoms with E-state index >= 15 is 0 Å². The topological polar surface area (TPSA) is 67.7 Å². The molecule has 1 aliphatic carbocycles. The van der Waals surface area contributed by atoms with Gasteiger partial charge in [0, 0.05) is 19.2 Å². The minimum absolute atomic E-state index is 0.136. The molecule has 24 heavy (non-hydrogen) atoms. The molecular formula is C18H23N3O3. The summed E-state index contributed by atoms with van der Waals surface area (Å²) in [5.41, 5.74) is 0.801. The first-order valence-corrected chi connectivity index (χ1v) is 8.79. The molecular weight excluding hydrogens is 306 g/mol. The molecule has 2 fully saturated rings. The Bertz CT molecular complexity index is 710. The van der Waals surface area contributed by atoms with Gasteiger partial charge in [0.15, 0.2) is 0 Å². The van der Waals surface area contributed by atoms with Crippen LogP contribution in [0.25, 0.3) is 10.9 Å². The molecule has 1 aliphatic heterocycles. The average molecular weight is 329 g/mol. The highest BCUT2D eigenvalue weighted by atomic mass is 16.5. The molecule has 0 atom stereocenters. The first-order valence-electron chi connectivity index (χ1n) is 8.79. The molecule has 1 saturated carbocycles. The van der Waals surface area contributed by atoms with Gasteiger partial charge < -0.3 is 19.5 Å². The molecule has 0 bridgehead atoms. The molecule has 128 valence electrons. The monoisotopic (exact) mass is 329 g/mol. The molecule has 3 heterocycles. The number of aromatic hydroxyl groups is 1. The van der Waals surface area contributed by atoms with Crippen molar-refractivity contribution in [2.45, 2.75) is 38.2 Å². The van der Waals surface area contributed by atoms with Gasteiger partial charge in [-0.05, 0) is 31.7 Å². The van der Waals surface area contributed by atoms with E-state index in [1.807, 2.05) is 6.07 Å².